The Kier molecular flexibility index (Phi) is 2.97. The minimum Gasteiger partial charge on any atom is -0.504 e. The Hall–Kier alpha value is -1.74. The standard InChI is InChI=1S/C12H9ClFNO/c13-10-2-1-3-11(12(10)16)15-9-6-4-8(14)5-7-9/h1-7,15-16H. The van der Waals surface area contributed by atoms with Gasteiger partial charge in [-0.2, -0.15) is 0 Å². The van der Waals surface area contributed by atoms with Crippen LogP contribution in [0.5, 0.6) is 5.75 Å². The van der Waals surface area contributed by atoms with Crippen molar-refractivity contribution in [3.63, 3.8) is 0 Å². The van der Waals surface area contributed by atoms with Gasteiger partial charge in [-0.3, -0.25) is 0 Å². The van der Waals surface area contributed by atoms with Gasteiger partial charge in [0.25, 0.3) is 0 Å². The van der Waals surface area contributed by atoms with E-state index in [2.05, 4.69) is 5.32 Å². The van der Waals surface area contributed by atoms with E-state index in [0.29, 0.717) is 11.4 Å². The topological polar surface area (TPSA) is 32.3 Å². The number of phenolic OH excluding ortho intramolecular Hbond substituents is 1. The molecule has 0 saturated heterocycles. The molecule has 0 aliphatic heterocycles. The van der Waals surface area contributed by atoms with Crippen molar-refractivity contribution < 1.29 is 9.50 Å². The molecule has 2 N–H and O–H groups in total. The number of phenols is 1. The van der Waals surface area contributed by atoms with Gasteiger partial charge in [0.2, 0.25) is 0 Å². The van der Waals surface area contributed by atoms with Gasteiger partial charge in [0.15, 0.2) is 5.75 Å². The van der Waals surface area contributed by atoms with Gasteiger partial charge in [-0.15, -0.1) is 0 Å². The summed E-state index contributed by atoms with van der Waals surface area (Å²) >= 11 is 5.76. The molecule has 0 unspecified atom stereocenters. The van der Waals surface area contributed by atoms with Crippen LogP contribution in [0.2, 0.25) is 5.02 Å². The minimum atomic E-state index is -0.305. The van der Waals surface area contributed by atoms with E-state index in [1.54, 1.807) is 30.3 Å². The second-order valence-corrected chi connectivity index (χ2v) is 3.68. The highest BCUT2D eigenvalue weighted by molar-refractivity contribution is 6.32. The van der Waals surface area contributed by atoms with Crippen molar-refractivity contribution in [3.05, 3.63) is 53.3 Å². The third kappa shape index (κ3) is 2.25. The molecule has 82 valence electrons. The van der Waals surface area contributed by atoms with Crippen LogP contribution in [0, 0.1) is 5.82 Å². The molecule has 2 rings (SSSR count). The van der Waals surface area contributed by atoms with Gasteiger partial charge in [-0.1, -0.05) is 17.7 Å². The first-order valence-corrected chi connectivity index (χ1v) is 5.04. The van der Waals surface area contributed by atoms with Crippen molar-refractivity contribution in [2.75, 3.05) is 5.32 Å². The molecule has 0 spiro atoms. The number of benzene rings is 2. The lowest BCUT2D eigenvalue weighted by atomic mass is 10.2. The Morgan fingerprint density at radius 3 is 2.44 bits per heavy atom. The molecule has 0 amide bonds. The summed E-state index contributed by atoms with van der Waals surface area (Å²) in [5, 5.41) is 12.9. The fourth-order valence-corrected chi connectivity index (χ4v) is 1.48. The van der Waals surface area contributed by atoms with Crippen LogP contribution in [0.25, 0.3) is 0 Å². The van der Waals surface area contributed by atoms with E-state index in [-0.39, 0.29) is 16.6 Å². The molecule has 16 heavy (non-hydrogen) atoms. The van der Waals surface area contributed by atoms with Crippen molar-refractivity contribution >= 4 is 23.0 Å². The lowest BCUT2D eigenvalue weighted by Crippen LogP contribution is -1.90. The Morgan fingerprint density at radius 1 is 1.06 bits per heavy atom. The lowest BCUT2D eigenvalue weighted by molar-refractivity contribution is 0.478. The number of anilines is 2. The van der Waals surface area contributed by atoms with Gasteiger partial charge in [0, 0.05) is 5.69 Å². The summed E-state index contributed by atoms with van der Waals surface area (Å²) in [5.74, 6) is -0.325. The number of hydrogen-bond donors (Lipinski definition) is 2. The van der Waals surface area contributed by atoms with Gasteiger partial charge in [-0.25, -0.2) is 4.39 Å². The normalized spacial score (nSPS) is 10.1. The van der Waals surface area contributed by atoms with E-state index in [0.717, 1.165) is 0 Å². The molecule has 4 heteroatoms. The van der Waals surface area contributed by atoms with E-state index in [1.807, 2.05) is 0 Å². The van der Waals surface area contributed by atoms with Crippen LogP contribution in [0.1, 0.15) is 0 Å². The second-order valence-electron chi connectivity index (χ2n) is 3.27. The highest BCUT2D eigenvalue weighted by atomic mass is 35.5. The molecule has 2 nitrogen and oxygen atoms in total. The Morgan fingerprint density at radius 2 is 1.75 bits per heavy atom. The maximum Gasteiger partial charge on any atom is 0.157 e. The highest BCUT2D eigenvalue weighted by Crippen LogP contribution is 2.33. The van der Waals surface area contributed by atoms with Crippen molar-refractivity contribution in [2.45, 2.75) is 0 Å². The fraction of sp³-hybridized carbons (Fsp3) is 0. The average molecular weight is 238 g/mol. The molecule has 0 aliphatic rings. The maximum absolute atomic E-state index is 12.7. The van der Waals surface area contributed by atoms with E-state index in [1.165, 1.54) is 12.1 Å². The van der Waals surface area contributed by atoms with Crippen molar-refractivity contribution in [3.8, 4) is 5.75 Å². The summed E-state index contributed by atoms with van der Waals surface area (Å²) in [6.07, 6.45) is 0. The number of para-hydroxylation sites is 1. The monoisotopic (exact) mass is 237 g/mol. The van der Waals surface area contributed by atoms with Gasteiger partial charge < -0.3 is 10.4 Å². The van der Waals surface area contributed by atoms with Gasteiger partial charge in [0.1, 0.15) is 5.82 Å². The lowest BCUT2D eigenvalue weighted by Gasteiger charge is -2.08. The second kappa shape index (κ2) is 4.41. The highest BCUT2D eigenvalue weighted by Gasteiger charge is 2.04. The summed E-state index contributed by atoms with van der Waals surface area (Å²) in [4.78, 5) is 0. The molecule has 0 bridgehead atoms. The quantitative estimate of drug-likeness (QED) is 0.776. The molecule has 0 heterocycles. The number of halogens is 2. The first kappa shape index (κ1) is 10.8. The number of nitrogens with one attached hydrogen (secondary N) is 1. The smallest absolute Gasteiger partial charge is 0.157 e. The third-order valence-corrected chi connectivity index (χ3v) is 2.42. The van der Waals surface area contributed by atoms with Crippen molar-refractivity contribution in [1.29, 1.82) is 0 Å². The SMILES string of the molecule is Oc1c(Cl)cccc1Nc1ccc(F)cc1. The minimum absolute atomic E-state index is 0.0199. The zero-order chi connectivity index (χ0) is 11.5. The predicted molar refractivity (Wildman–Crippen MR) is 62.8 cm³/mol. The van der Waals surface area contributed by atoms with E-state index < -0.39 is 0 Å². The molecular weight excluding hydrogens is 229 g/mol. The molecule has 0 atom stereocenters. The van der Waals surface area contributed by atoms with Gasteiger partial charge in [-0.05, 0) is 36.4 Å². The molecule has 0 aliphatic carbocycles. The Labute approximate surface area is 97.3 Å². The van der Waals surface area contributed by atoms with E-state index in [9.17, 15) is 9.50 Å². The van der Waals surface area contributed by atoms with Gasteiger partial charge in [0.05, 0.1) is 10.7 Å². The third-order valence-electron chi connectivity index (χ3n) is 2.11. The molecule has 0 saturated carbocycles. The van der Waals surface area contributed by atoms with Crippen LogP contribution in [0.4, 0.5) is 15.8 Å². The van der Waals surface area contributed by atoms with Crippen LogP contribution >= 0.6 is 11.6 Å². The van der Waals surface area contributed by atoms with Crippen LogP contribution in [0.3, 0.4) is 0 Å². The summed E-state index contributed by atoms with van der Waals surface area (Å²) < 4.78 is 12.7. The zero-order valence-electron chi connectivity index (χ0n) is 8.24. The molecule has 2 aromatic carbocycles. The molecular formula is C12H9ClFNO. The van der Waals surface area contributed by atoms with Crippen molar-refractivity contribution in [2.24, 2.45) is 0 Å². The van der Waals surface area contributed by atoms with Crippen LogP contribution in [-0.2, 0) is 0 Å². The fourth-order valence-electron chi connectivity index (χ4n) is 1.30. The molecule has 0 aromatic heterocycles. The molecule has 0 radical (unpaired) electrons. The number of rotatable bonds is 2. The molecule has 0 fully saturated rings. The first-order valence-electron chi connectivity index (χ1n) is 4.67. The summed E-state index contributed by atoms with van der Waals surface area (Å²) in [5.41, 5.74) is 1.16. The van der Waals surface area contributed by atoms with Gasteiger partial charge >= 0.3 is 0 Å². The summed E-state index contributed by atoms with van der Waals surface area (Å²) in [7, 11) is 0. The maximum atomic E-state index is 12.7. The number of aromatic hydroxyl groups is 1. The zero-order valence-corrected chi connectivity index (χ0v) is 9.00. The van der Waals surface area contributed by atoms with Crippen LogP contribution < -0.4 is 5.32 Å². The largest absolute Gasteiger partial charge is 0.504 e. The molecule has 2 aromatic rings. The van der Waals surface area contributed by atoms with E-state index in [4.69, 9.17) is 11.6 Å². The first-order chi connectivity index (χ1) is 7.66. The summed E-state index contributed by atoms with van der Waals surface area (Å²) in [6, 6.07) is 10.8. The Bertz CT molecular complexity index is 499. The number of hydrogen-bond acceptors (Lipinski definition) is 2. The average Bonchev–Trinajstić information content (AvgIpc) is 2.28. The van der Waals surface area contributed by atoms with E-state index >= 15 is 0 Å². The predicted octanol–water partition coefficient (Wildman–Crippen LogP) is 3.93. The van der Waals surface area contributed by atoms with Crippen LogP contribution in [0.15, 0.2) is 42.5 Å². The summed E-state index contributed by atoms with van der Waals surface area (Å²) in [6.45, 7) is 0. The Balaban J connectivity index is 2.27. The van der Waals surface area contributed by atoms with Crippen molar-refractivity contribution in [1.82, 2.24) is 0 Å². The van der Waals surface area contributed by atoms with Crippen LogP contribution in [-0.4, -0.2) is 5.11 Å².